The molecular weight excluding hydrogens is 350 g/mol. The van der Waals surface area contributed by atoms with E-state index in [0.29, 0.717) is 11.3 Å². The largest absolute Gasteiger partial charge is 0.559 e. The summed E-state index contributed by atoms with van der Waals surface area (Å²) in [5.41, 5.74) is 6.28. The van der Waals surface area contributed by atoms with Gasteiger partial charge in [0.25, 0.3) is 0 Å². The summed E-state index contributed by atoms with van der Waals surface area (Å²) in [6, 6.07) is 0. The number of rotatable bonds is 4. The van der Waals surface area contributed by atoms with Crippen molar-refractivity contribution in [3.05, 3.63) is 28.1 Å². The molecule has 1 aromatic rings. The zero-order valence-corrected chi connectivity index (χ0v) is 19.7. The van der Waals surface area contributed by atoms with Crippen LogP contribution in [-0.4, -0.2) is 18.4 Å². The highest BCUT2D eigenvalue weighted by molar-refractivity contribution is 6.74. The molecule has 1 N–H and O–H groups in total. The number of hydrogen-bond donors (Lipinski definition) is 1. The van der Waals surface area contributed by atoms with Gasteiger partial charge in [0.15, 0.2) is 0 Å². The highest BCUT2D eigenvalue weighted by Gasteiger charge is 2.45. The van der Waals surface area contributed by atoms with Crippen LogP contribution in [0.15, 0.2) is 0 Å². The zero-order valence-electron chi connectivity index (χ0n) is 18.7. The number of aromatic nitrogens is 1. The van der Waals surface area contributed by atoms with Gasteiger partial charge in [-0.1, -0.05) is 41.0 Å². The summed E-state index contributed by atoms with van der Waals surface area (Å²) in [4.78, 5) is 5.14. The van der Waals surface area contributed by atoms with Crippen molar-refractivity contribution < 1.29 is 9.53 Å². The summed E-state index contributed by atoms with van der Waals surface area (Å²) in [5, 5.41) is 10.3. The SMILES string of the molecule is Cc1c(CO)c(C(C)C)nc2c1C(O[Si-](C)(C)C(C)(C)C)CC1(CCC1)C2. The Kier molecular flexibility index (Phi) is 5.42. The van der Waals surface area contributed by atoms with E-state index in [1.807, 2.05) is 0 Å². The van der Waals surface area contributed by atoms with Crippen LogP contribution in [0, 0.1) is 12.3 Å². The quantitative estimate of drug-likeness (QED) is 0.625. The zero-order chi connectivity index (χ0) is 20.2. The smallest absolute Gasteiger partial charge is 0.0702 e. The summed E-state index contributed by atoms with van der Waals surface area (Å²) >= 11 is 0. The number of aliphatic hydroxyl groups is 1. The second-order valence-electron chi connectivity index (χ2n) is 10.9. The molecule has 0 radical (unpaired) electrons. The predicted octanol–water partition coefficient (Wildman–Crippen LogP) is 6.19. The molecule has 3 nitrogen and oxygen atoms in total. The lowest BCUT2D eigenvalue weighted by atomic mass is 9.59. The molecule has 1 heterocycles. The van der Waals surface area contributed by atoms with Crippen LogP contribution in [-0.2, 0) is 17.5 Å². The van der Waals surface area contributed by atoms with E-state index in [-0.39, 0.29) is 17.7 Å². The van der Waals surface area contributed by atoms with Gasteiger partial charge in [-0.15, -0.1) is 18.1 Å². The van der Waals surface area contributed by atoms with Gasteiger partial charge < -0.3 is 9.53 Å². The first-order chi connectivity index (χ1) is 12.4. The molecule has 2 aliphatic carbocycles. The molecule has 1 saturated carbocycles. The standard InChI is InChI=1S/C23H39NO2Si/c1-15(2)21-17(14-25)16(3)20-18(24-21)12-23(10-9-11-23)13-19(20)26-27(7,8)22(4,5)6/h15,19,25H,9-14H2,1-8H3/q-1. The number of hydrogen-bond acceptors (Lipinski definition) is 3. The van der Waals surface area contributed by atoms with Crippen molar-refractivity contribution in [3.63, 3.8) is 0 Å². The minimum atomic E-state index is -1.89. The second kappa shape index (κ2) is 6.96. The van der Waals surface area contributed by atoms with Crippen LogP contribution in [0.2, 0.25) is 18.1 Å². The van der Waals surface area contributed by atoms with Crippen LogP contribution in [0.5, 0.6) is 0 Å². The van der Waals surface area contributed by atoms with E-state index in [1.54, 1.807) is 0 Å². The van der Waals surface area contributed by atoms with Crippen molar-refractivity contribution in [3.8, 4) is 0 Å². The van der Waals surface area contributed by atoms with Crippen LogP contribution >= 0.6 is 0 Å². The third-order valence-electron chi connectivity index (χ3n) is 7.58. The Morgan fingerprint density at radius 1 is 1.26 bits per heavy atom. The van der Waals surface area contributed by atoms with Gasteiger partial charge in [0, 0.05) is 28.6 Å². The number of aliphatic hydroxyl groups excluding tert-OH is 1. The lowest BCUT2D eigenvalue weighted by Gasteiger charge is -2.55. The first-order valence-corrected chi connectivity index (χ1v) is 13.6. The van der Waals surface area contributed by atoms with Crippen LogP contribution in [0.25, 0.3) is 0 Å². The fourth-order valence-electron chi connectivity index (χ4n) is 4.70. The maximum absolute atomic E-state index is 10.1. The van der Waals surface area contributed by atoms with Gasteiger partial charge in [-0.05, 0) is 57.8 Å². The van der Waals surface area contributed by atoms with Crippen LogP contribution in [0.3, 0.4) is 0 Å². The predicted molar refractivity (Wildman–Crippen MR) is 115 cm³/mol. The molecular formula is C23H39NO2Si-. The normalized spacial score (nSPS) is 22.1. The average molecular weight is 390 g/mol. The van der Waals surface area contributed by atoms with Crippen molar-refractivity contribution in [1.29, 1.82) is 0 Å². The van der Waals surface area contributed by atoms with E-state index in [1.165, 1.54) is 36.1 Å². The molecule has 1 spiro atoms. The Hall–Kier alpha value is -0.713. The van der Waals surface area contributed by atoms with Gasteiger partial charge in [-0.25, -0.2) is 0 Å². The molecule has 153 valence electrons. The van der Waals surface area contributed by atoms with Crippen molar-refractivity contribution >= 4 is 8.32 Å². The Bertz CT molecular complexity index is 714. The van der Waals surface area contributed by atoms with Crippen LogP contribution in [0.4, 0.5) is 0 Å². The Balaban J connectivity index is 2.11. The molecule has 1 fully saturated rings. The Morgan fingerprint density at radius 2 is 1.89 bits per heavy atom. The van der Waals surface area contributed by atoms with Gasteiger partial charge in [-0.2, -0.15) is 0 Å². The molecule has 2 aliphatic rings. The molecule has 1 aromatic heterocycles. The van der Waals surface area contributed by atoms with E-state index in [2.05, 4.69) is 54.6 Å². The summed E-state index contributed by atoms with van der Waals surface area (Å²) in [5.74, 6) is 0.329. The van der Waals surface area contributed by atoms with Gasteiger partial charge in [0.2, 0.25) is 0 Å². The van der Waals surface area contributed by atoms with E-state index in [4.69, 9.17) is 9.41 Å². The number of pyridine rings is 1. The summed E-state index contributed by atoms with van der Waals surface area (Å²) < 4.78 is 7.00. The molecule has 0 amide bonds. The molecule has 0 aliphatic heterocycles. The first-order valence-electron chi connectivity index (χ1n) is 10.7. The maximum Gasteiger partial charge on any atom is 0.0702 e. The molecule has 27 heavy (non-hydrogen) atoms. The van der Waals surface area contributed by atoms with Gasteiger partial charge in [0.1, 0.15) is 0 Å². The fourth-order valence-corrected chi connectivity index (χ4v) is 5.96. The first kappa shape index (κ1) is 21.0. The molecule has 1 unspecified atom stereocenters. The molecule has 4 heteroatoms. The number of fused-ring (bicyclic) bond motifs is 1. The van der Waals surface area contributed by atoms with Gasteiger partial charge in [-0.3, -0.25) is 4.98 Å². The van der Waals surface area contributed by atoms with E-state index in [0.717, 1.165) is 24.1 Å². The Labute approximate surface area is 167 Å². The van der Waals surface area contributed by atoms with Crippen molar-refractivity contribution in [1.82, 2.24) is 4.98 Å². The average Bonchev–Trinajstić information content (AvgIpc) is 2.50. The third-order valence-corrected chi connectivity index (χ3v) is 12.1. The minimum absolute atomic E-state index is 0.0670. The second-order valence-corrected chi connectivity index (χ2v) is 15.6. The van der Waals surface area contributed by atoms with E-state index >= 15 is 0 Å². The fraction of sp³-hybridized carbons (Fsp3) is 0.783. The molecule has 3 rings (SSSR count). The van der Waals surface area contributed by atoms with E-state index in [9.17, 15) is 5.11 Å². The number of nitrogens with zero attached hydrogens (tertiary/aromatic N) is 1. The van der Waals surface area contributed by atoms with Crippen molar-refractivity contribution in [2.75, 3.05) is 0 Å². The van der Waals surface area contributed by atoms with Crippen molar-refractivity contribution in [2.24, 2.45) is 5.41 Å². The molecule has 0 saturated heterocycles. The highest BCUT2D eigenvalue weighted by atomic mass is 28.4. The third kappa shape index (κ3) is 3.65. The lowest BCUT2D eigenvalue weighted by Crippen LogP contribution is -2.46. The topological polar surface area (TPSA) is 42.4 Å². The van der Waals surface area contributed by atoms with Crippen LogP contribution in [0.1, 0.15) is 100 Å². The minimum Gasteiger partial charge on any atom is -0.559 e. The maximum atomic E-state index is 10.1. The van der Waals surface area contributed by atoms with Gasteiger partial charge >= 0.3 is 0 Å². The summed E-state index contributed by atoms with van der Waals surface area (Å²) in [6.45, 7) is 18.3. The molecule has 0 aromatic carbocycles. The lowest BCUT2D eigenvalue weighted by molar-refractivity contribution is 0.0295. The Morgan fingerprint density at radius 3 is 2.33 bits per heavy atom. The van der Waals surface area contributed by atoms with Crippen molar-refractivity contribution in [2.45, 2.75) is 110 Å². The molecule has 0 bridgehead atoms. The molecule has 1 atom stereocenters. The monoisotopic (exact) mass is 389 g/mol. The summed E-state index contributed by atoms with van der Waals surface area (Å²) in [6.07, 6.45) is 6.31. The van der Waals surface area contributed by atoms with Gasteiger partial charge in [0.05, 0.1) is 6.61 Å². The summed E-state index contributed by atoms with van der Waals surface area (Å²) in [7, 11) is -1.89. The highest BCUT2D eigenvalue weighted by Crippen LogP contribution is 2.56. The van der Waals surface area contributed by atoms with E-state index < -0.39 is 8.32 Å². The van der Waals surface area contributed by atoms with Crippen LogP contribution < -0.4 is 0 Å².